The third-order valence-electron chi connectivity index (χ3n) is 3.01. The average Bonchev–Trinajstić information content (AvgIpc) is 2.43. The van der Waals surface area contributed by atoms with Gasteiger partial charge in [0.05, 0.1) is 0 Å². The highest BCUT2D eigenvalue weighted by Gasteiger charge is 2.29. The summed E-state index contributed by atoms with van der Waals surface area (Å²) in [4.78, 5) is 13.7. The number of thiol groups is 1. The fourth-order valence-electron chi connectivity index (χ4n) is 2.50. The number of amides is 1. The lowest BCUT2D eigenvalue weighted by Gasteiger charge is -2.21. The van der Waals surface area contributed by atoms with Crippen molar-refractivity contribution in [3.63, 3.8) is 0 Å². The molecule has 1 aromatic carbocycles. The van der Waals surface area contributed by atoms with Gasteiger partial charge in [-0.3, -0.25) is 4.79 Å². The molecule has 16 heavy (non-hydrogen) atoms. The molecule has 86 valence electrons. The molecule has 1 heterocycles. The first-order valence-corrected chi connectivity index (χ1v) is 6.07. The van der Waals surface area contributed by atoms with E-state index in [1.54, 1.807) is 0 Å². The van der Waals surface area contributed by atoms with Gasteiger partial charge in [-0.25, -0.2) is 0 Å². The second kappa shape index (κ2) is 4.13. The fourth-order valence-corrected chi connectivity index (χ4v) is 2.82. The largest absolute Gasteiger partial charge is 0.311 e. The van der Waals surface area contributed by atoms with Crippen molar-refractivity contribution < 1.29 is 4.79 Å². The van der Waals surface area contributed by atoms with Gasteiger partial charge in [-0.15, -0.1) is 0 Å². The molecule has 0 N–H and O–H groups in total. The summed E-state index contributed by atoms with van der Waals surface area (Å²) in [6.07, 6.45) is 0.551. The first kappa shape index (κ1) is 11.5. The summed E-state index contributed by atoms with van der Waals surface area (Å²) in [5.74, 6) is 0.190. The van der Waals surface area contributed by atoms with E-state index in [4.69, 9.17) is 0 Å². The predicted molar refractivity (Wildman–Crippen MR) is 70.4 cm³/mol. The fraction of sp³-hybridized carbons (Fsp3) is 0.462. The Labute approximate surface area is 102 Å². The maximum atomic E-state index is 11.9. The van der Waals surface area contributed by atoms with Crippen LogP contribution in [0.3, 0.4) is 0 Å². The highest BCUT2D eigenvalue weighted by molar-refractivity contribution is 7.81. The zero-order valence-corrected chi connectivity index (χ0v) is 10.8. The molecule has 2 rings (SSSR count). The van der Waals surface area contributed by atoms with Crippen LogP contribution in [0, 0.1) is 20.8 Å². The molecule has 1 aliphatic heterocycles. The number of anilines is 1. The molecule has 2 nitrogen and oxygen atoms in total. The van der Waals surface area contributed by atoms with Crippen LogP contribution in [0.4, 0.5) is 5.69 Å². The van der Waals surface area contributed by atoms with Crippen LogP contribution in [0.5, 0.6) is 0 Å². The Morgan fingerprint density at radius 2 is 1.81 bits per heavy atom. The van der Waals surface area contributed by atoms with Crippen molar-refractivity contribution in [1.29, 1.82) is 0 Å². The van der Waals surface area contributed by atoms with Gasteiger partial charge in [0.15, 0.2) is 0 Å². The Kier molecular flexibility index (Phi) is 2.98. The molecule has 3 heteroatoms. The van der Waals surface area contributed by atoms with Crippen LogP contribution in [0.25, 0.3) is 0 Å². The van der Waals surface area contributed by atoms with E-state index in [9.17, 15) is 4.79 Å². The van der Waals surface area contributed by atoms with Crippen LogP contribution in [0.1, 0.15) is 23.1 Å². The first-order valence-electron chi connectivity index (χ1n) is 5.55. The second-order valence-corrected chi connectivity index (χ2v) is 5.34. The molecule has 1 fully saturated rings. The van der Waals surface area contributed by atoms with Crippen molar-refractivity contribution in [3.8, 4) is 0 Å². The minimum Gasteiger partial charge on any atom is -0.311 e. The van der Waals surface area contributed by atoms with Crippen molar-refractivity contribution in [2.45, 2.75) is 32.4 Å². The van der Waals surface area contributed by atoms with Crippen molar-refractivity contribution >= 4 is 24.2 Å². The number of nitrogens with zero attached hydrogens (tertiary/aromatic N) is 1. The van der Waals surface area contributed by atoms with Gasteiger partial charge in [0.1, 0.15) is 0 Å². The van der Waals surface area contributed by atoms with E-state index in [0.29, 0.717) is 6.42 Å². The SMILES string of the molecule is Cc1cc(C)c(N2CC(S)CC2=O)c(C)c1. The average molecular weight is 235 g/mol. The lowest BCUT2D eigenvalue weighted by molar-refractivity contribution is -0.117. The van der Waals surface area contributed by atoms with Gasteiger partial charge in [-0.1, -0.05) is 17.7 Å². The molecule has 0 bridgehead atoms. The third-order valence-corrected chi connectivity index (χ3v) is 3.36. The molecule has 1 aromatic rings. The Morgan fingerprint density at radius 3 is 2.25 bits per heavy atom. The van der Waals surface area contributed by atoms with Gasteiger partial charge in [-0.05, 0) is 31.9 Å². The molecule has 1 unspecified atom stereocenters. The highest BCUT2D eigenvalue weighted by atomic mass is 32.1. The Bertz CT molecular complexity index is 419. The molecule has 1 aliphatic rings. The van der Waals surface area contributed by atoms with Crippen molar-refractivity contribution in [3.05, 3.63) is 28.8 Å². The van der Waals surface area contributed by atoms with Crippen LogP contribution >= 0.6 is 12.6 Å². The second-order valence-electron chi connectivity index (χ2n) is 4.61. The molecular weight excluding hydrogens is 218 g/mol. The lowest BCUT2D eigenvalue weighted by atomic mass is 10.0. The van der Waals surface area contributed by atoms with Gasteiger partial charge in [-0.2, -0.15) is 12.6 Å². The molecule has 0 aliphatic carbocycles. The van der Waals surface area contributed by atoms with Gasteiger partial charge >= 0.3 is 0 Å². The smallest absolute Gasteiger partial charge is 0.228 e. The maximum absolute atomic E-state index is 11.9. The molecule has 0 saturated carbocycles. The minimum absolute atomic E-state index is 0.174. The maximum Gasteiger partial charge on any atom is 0.228 e. The normalized spacial score (nSPS) is 20.6. The zero-order chi connectivity index (χ0) is 11.9. The van der Waals surface area contributed by atoms with Crippen LogP contribution in [0.15, 0.2) is 12.1 Å². The molecule has 1 atom stereocenters. The number of hydrogen-bond acceptors (Lipinski definition) is 2. The number of carbonyl (C=O) groups is 1. The van der Waals surface area contributed by atoms with E-state index >= 15 is 0 Å². The van der Waals surface area contributed by atoms with E-state index in [1.807, 2.05) is 4.90 Å². The lowest BCUT2D eigenvalue weighted by Crippen LogP contribution is -2.26. The van der Waals surface area contributed by atoms with Crippen molar-refractivity contribution in [1.82, 2.24) is 0 Å². The van der Waals surface area contributed by atoms with Crippen LogP contribution in [0.2, 0.25) is 0 Å². The summed E-state index contributed by atoms with van der Waals surface area (Å²) in [6.45, 7) is 6.94. The van der Waals surface area contributed by atoms with Gasteiger partial charge in [0.25, 0.3) is 0 Å². The van der Waals surface area contributed by atoms with Crippen LogP contribution < -0.4 is 4.90 Å². The summed E-state index contributed by atoms with van der Waals surface area (Å²) in [5, 5.41) is 0.174. The summed E-state index contributed by atoms with van der Waals surface area (Å²) in [7, 11) is 0. The number of benzene rings is 1. The Morgan fingerprint density at radius 1 is 1.25 bits per heavy atom. The predicted octanol–water partition coefficient (Wildman–Crippen LogP) is 2.65. The number of carbonyl (C=O) groups excluding carboxylic acids is 1. The topological polar surface area (TPSA) is 20.3 Å². The Hall–Kier alpha value is -0.960. The molecule has 0 radical (unpaired) electrons. The Balaban J connectivity index is 2.44. The van der Waals surface area contributed by atoms with E-state index in [1.165, 1.54) is 16.7 Å². The van der Waals surface area contributed by atoms with Gasteiger partial charge in [0.2, 0.25) is 5.91 Å². The first-order chi connectivity index (χ1) is 7.49. The monoisotopic (exact) mass is 235 g/mol. The molecular formula is C13H17NOS. The van der Waals surface area contributed by atoms with Crippen molar-refractivity contribution in [2.24, 2.45) is 0 Å². The minimum atomic E-state index is 0.174. The number of rotatable bonds is 1. The van der Waals surface area contributed by atoms with Crippen LogP contribution in [-0.2, 0) is 4.79 Å². The summed E-state index contributed by atoms with van der Waals surface area (Å²) in [6, 6.07) is 4.25. The number of hydrogen-bond donors (Lipinski definition) is 1. The van der Waals surface area contributed by atoms with Crippen molar-refractivity contribution in [2.75, 3.05) is 11.4 Å². The van der Waals surface area contributed by atoms with E-state index < -0.39 is 0 Å². The zero-order valence-electron chi connectivity index (χ0n) is 9.95. The third kappa shape index (κ3) is 1.96. The summed E-state index contributed by atoms with van der Waals surface area (Å²) in [5.41, 5.74) is 4.67. The van der Waals surface area contributed by atoms with E-state index in [-0.39, 0.29) is 11.2 Å². The number of aryl methyl sites for hydroxylation is 3. The molecule has 1 saturated heterocycles. The van der Waals surface area contributed by atoms with Crippen LogP contribution in [-0.4, -0.2) is 17.7 Å². The van der Waals surface area contributed by atoms with E-state index in [2.05, 4.69) is 45.5 Å². The highest BCUT2D eigenvalue weighted by Crippen LogP contribution is 2.30. The summed E-state index contributed by atoms with van der Waals surface area (Å²) >= 11 is 4.39. The molecule has 0 spiro atoms. The van der Waals surface area contributed by atoms with Gasteiger partial charge < -0.3 is 4.90 Å². The van der Waals surface area contributed by atoms with Gasteiger partial charge in [0, 0.05) is 23.9 Å². The quantitative estimate of drug-likeness (QED) is 0.742. The molecule has 0 aromatic heterocycles. The van der Waals surface area contributed by atoms with E-state index in [0.717, 1.165) is 12.2 Å². The molecule has 1 amide bonds. The summed E-state index contributed by atoms with van der Waals surface area (Å²) < 4.78 is 0. The standard InChI is InChI=1S/C13H17NOS/c1-8-4-9(2)13(10(3)5-8)14-7-11(16)6-12(14)15/h4-5,11,16H,6-7H2,1-3H3.